The van der Waals surface area contributed by atoms with Crippen molar-refractivity contribution in [3.05, 3.63) is 35.9 Å². The van der Waals surface area contributed by atoms with Crippen molar-refractivity contribution >= 4 is 5.91 Å². The molecule has 8 nitrogen and oxygen atoms in total. The maximum absolute atomic E-state index is 13.2. The molecule has 1 unspecified atom stereocenters. The molecule has 1 spiro atoms. The van der Waals surface area contributed by atoms with E-state index >= 15 is 0 Å². The Morgan fingerprint density at radius 2 is 1.96 bits per heavy atom. The molecule has 0 saturated carbocycles. The van der Waals surface area contributed by atoms with Crippen LogP contribution in [-0.2, 0) is 17.9 Å². The Labute approximate surface area is 151 Å². The molecule has 26 heavy (non-hydrogen) atoms. The summed E-state index contributed by atoms with van der Waals surface area (Å²) in [5.74, 6) is 2.62. The Morgan fingerprint density at radius 3 is 2.69 bits per heavy atom. The third-order valence-electron chi connectivity index (χ3n) is 5.52. The molecule has 1 atom stereocenters. The number of ether oxygens (including phenoxy) is 2. The van der Waals surface area contributed by atoms with Gasteiger partial charge in [0.25, 0.3) is 5.79 Å². The van der Waals surface area contributed by atoms with Gasteiger partial charge >= 0.3 is 0 Å². The van der Waals surface area contributed by atoms with E-state index in [4.69, 9.17) is 9.47 Å². The topological polar surface area (TPSA) is 72.7 Å². The molecule has 4 heterocycles. The second kappa shape index (κ2) is 5.44. The Morgan fingerprint density at radius 1 is 1.23 bits per heavy atom. The summed E-state index contributed by atoms with van der Waals surface area (Å²) in [6.07, 6.45) is 0.667. The molecular formula is C18H21N5O3. The van der Waals surface area contributed by atoms with Crippen LogP contribution >= 0.6 is 0 Å². The van der Waals surface area contributed by atoms with Gasteiger partial charge in [0, 0.05) is 13.0 Å². The van der Waals surface area contributed by atoms with E-state index < -0.39 is 5.79 Å². The minimum atomic E-state index is -0.746. The monoisotopic (exact) mass is 355 g/mol. The SMILES string of the molecule is Cc1nnc2n1CC(C(=O)N1CCC3(C1)Oc1ccccc1O3)N(C)C2. The van der Waals surface area contributed by atoms with E-state index in [1.165, 1.54) is 0 Å². The number of likely N-dealkylation sites (tertiary alicyclic amines) is 1. The van der Waals surface area contributed by atoms with Crippen molar-refractivity contribution in [1.82, 2.24) is 24.6 Å². The molecule has 0 aliphatic carbocycles. The number of benzene rings is 1. The van der Waals surface area contributed by atoms with Crippen LogP contribution < -0.4 is 9.47 Å². The van der Waals surface area contributed by atoms with Crippen LogP contribution in [-0.4, -0.2) is 62.4 Å². The molecule has 3 aliphatic heterocycles. The van der Waals surface area contributed by atoms with Crippen molar-refractivity contribution in [3.8, 4) is 11.5 Å². The predicted octanol–water partition coefficient (Wildman–Crippen LogP) is 0.801. The van der Waals surface area contributed by atoms with Gasteiger partial charge in [0.15, 0.2) is 11.5 Å². The summed E-state index contributed by atoms with van der Waals surface area (Å²) >= 11 is 0. The summed E-state index contributed by atoms with van der Waals surface area (Å²) in [6, 6.07) is 7.43. The van der Waals surface area contributed by atoms with Crippen LogP contribution in [0.15, 0.2) is 24.3 Å². The van der Waals surface area contributed by atoms with Gasteiger partial charge < -0.3 is 18.9 Å². The summed E-state index contributed by atoms with van der Waals surface area (Å²) in [7, 11) is 1.96. The van der Waals surface area contributed by atoms with E-state index in [0.717, 1.165) is 23.1 Å². The lowest BCUT2D eigenvalue weighted by molar-refractivity contribution is -0.140. The number of likely N-dealkylation sites (N-methyl/N-ethyl adjacent to an activating group) is 1. The molecule has 136 valence electrons. The predicted molar refractivity (Wildman–Crippen MR) is 91.6 cm³/mol. The number of nitrogens with zero attached hydrogens (tertiary/aromatic N) is 5. The lowest BCUT2D eigenvalue weighted by Gasteiger charge is -2.34. The van der Waals surface area contributed by atoms with Crippen molar-refractivity contribution in [3.63, 3.8) is 0 Å². The van der Waals surface area contributed by atoms with Crippen LogP contribution in [0.4, 0.5) is 0 Å². The summed E-state index contributed by atoms with van der Waals surface area (Å²) in [5.41, 5.74) is 0. The Bertz CT molecular complexity index is 854. The number of carbonyl (C=O) groups is 1. The third-order valence-corrected chi connectivity index (χ3v) is 5.52. The highest BCUT2D eigenvalue weighted by molar-refractivity contribution is 5.82. The van der Waals surface area contributed by atoms with E-state index in [2.05, 4.69) is 10.2 Å². The van der Waals surface area contributed by atoms with Crippen molar-refractivity contribution < 1.29 is 14.3 Å². The van der Waals surface area contributed by atoms with Gasteiger partial charge in [-0.05, 0) is 26.1 Å². The standard InChI is InChI=1S/C18H21N5O3/c1-12-19-20-16-10-21(2)13(9-23(12)16)17(24)22-8-7-18(11-22)25-14-5-3-4-6-15(14)26-18/h3-6,13H,7-11H2,1-2H3. The molecule has 1 aromatic heterocycles. The van der Waals surface area contributed by atoms with Gasteiger partial charge in [-0.2, -0.15) is 0 Å². The molecular weight excluding hydrogens is 334 g/mol. The lowest BCUT2D eigenvalue weighted by atomic mass is 10.1. The molecule has 5 rings (SSSR count). The van der Waals surface area contributed by atoms with Gasteiger partial charge in [-0.3, -0.25) is 9.69 Å². The van der Waals surface area contributed by atoms with Crippen LogP contribution in [0.3, 0.4) is 0 Å². The zero-order valence-corrected chi connectivity index (χ0v) is 14.9. The number of aryl methyl sites for hydroxylation is 1. The zero-order chi connectivity index (χ0) is 17.9. The summed E-state index contributed by atoms with van der Waals surface area (Å²) in [5, 5.41) is 8.31. The second-order valence-corrected chi connectivity index (χ2v) is 7.28. The van der Waals surface area contributed by atoms with Crippen molar-refractivity contribution in [2.75, 3.05) is 20.1 Å². The Balaban J connectivity index is 1.33. The normalized spacial score (nSPS) is 23.5. The molecule has 1 aromatic carbocycles. The number of aromatic nitrogens is 3. The van der Waals surface area contributed by atoms with Gasteiger partial charge in [0.05, 0.1) is 19.6 Å². The molecule has 0 radical (unpaired) electrons. The molecule has 1 saturated heterocycles. The number of para-hydroxylation sites is 2. The van der Waals surface area contributed by atoms with Gasteiger partial charge in [0.2, 0.25) is 5.91 Å². The van der Waals surface area contributed by atoms with Crippen LogP contribution in [0.25, 0.3) is 0 Å². The van der Waals surface area contributed by atoms with Gasteiger partial charge in [-0.25, -0.2) is 0 Å². The second-order valence-electron chi connectivity index (χ2n) is 7.28. The van der Waals surface area contributed by atoms with E-state index in [1.807, 2.05) is 52.6 Å². The maximum Gasteiger partial charge on any atom is 0.270 e. The van der Waals surface area contributed by atoms with E-state index in [9.17, 15) is 4.79 Å². The fraction of sp³-hybridized carbons (Fsp3) is 0.500. The molecule has 0 bridgehead atoms. The Kier molecular flexibility index (Phi) is 3.27. The molecule has 8 heteroatoms. The Hall–Kier alpha value is -2.61. The maximum atomic E-state index is 13.2. The molecule has 3 aliphatic rings. The van der Waals surface area contributed by atoms with Crippen LogP contribution in [0.1, 0.15) is 18.1 Å². The summed E-state index contributed by atoms with van der Waals surface area (Å²) in [4.78, 5) is 17.1. The number of carbonyl (C=O) groups excluding carboxylic acids is 1. The van der Waals surface area contributed by atoms with Crippen LogP contribution in [0.5, 0.6) is 11.5 Å². The van der Waals surface area contributed by atoms with Gasteiger partial charge in [0.1, 0.15) is 17.7 Å². The highest BCUT2D eigenvalue weighted by atomic mass is 16.7. The van der Waals surface area contributed by atoms with Gasteiger partial charge in [-0.15, -0.1) is 10.2 Å². The average molecular weight is 355 g/mol. The summed E-state index contributed by atoms with van der Waals surface area (Å²) in [6.45, 7) is 4.19. The highest BCUT2D eigenvalue weighted by Gasteiger charge is 2.50. The molecule has 2 aromatic rings. The quantitative estimate of drug-likeness (QED) is 0.754. The minimum Gasteiger partial charge on any atom is -0.447 e. The number of fused-ring (bicyclic) bond motifs is 2. The van der Waals surface area contributed by atoms with Gasteiger partial charge in [-0.1, -0.05) is 12.1 Å². The zero-order valence-electron chi connectivity index (χ0n) is 14.9. The number of rotatable bonds is 1. The first kappa shape index (κ1) is 15.6. The lowest BCUT2D eigenvalue weighted by Crippen LogP contribution is -2.52. The van der Waals surface area contributed by atoms with Crippen molar-refractivity contribution in [2.45, 2.75) is 38.3 Å². The molecule has 1 fully saturated rings. The molecule has 0 N–H and O–H groups in total. The fourth-order valence-corrected chi connectivity index (χ4v) is 4.05. The largest absolute Gasteiger partial charge is 0.447 e. The van der Waals surface area contributed by atoms with Crippen molar-refractivity contribution in [2.24, 2.45) is 0 Å². The number of hydrogen-bond acceptors (Lipinski definition) is 6. The van der Waals surface area contributed by atoms with E-state index in [-0.39, 0.29) is 11.9 Å². The fourth-order valence-electron chi connectivity index (χ4n) is 4.05. The third kappa shape index (κ3) is 2.28. The highest BCUT2D eigenvalue weighted by Crippen LogP contribution is 2.43. The number of hydrogen-bond donors (Lipinski definition) is 0. The smallest absolute Gasteiger partial charge is 0.270 e. The first-order valence-corrected chi connectivity index (χ1v) is 8.89. The minimum absolute atomic E-state index is 0.103. The van der Waals surface area contributed by atoms with Crippen molar-refractivity contribution in [1.29, 1.82) is 0 Å². The first-order chi connectivity index (χ1) is 12.5. The average Bonchev–Trinajstić information content (AvgIpc) is 3.31. The van der Waals surface area contributed by atoms with Crippen LogP contribution in [0.2, 0.25) is 0 Å². The molecule has 1 amide bonds. The number of amides is 1. The van der Waals surface area contributed by atoms with Crippen LogP contribution in [0, 0.1) is 6.92 Å². The van der Waals surface area contributed by atoms with E-state index in [1.54, 1.807) is 0 Å². The van der Waals surface area contributed by atoms with E-state index in [0.29, 0.717) is 32.6 Å². The first-order valence-electron chi connectivity index (χ1n) is 8.89. The summed E-state index contributed by atoms with van der Waals surface area (Å²) < 4.78 is 14.2.